The summed E-state index contributed by atoms with van der Waals surface area (Å²) >= 11 is 12.1. The van der Waals surface area contributed by atoms with Gasteiger partial charge in [-0.2, -0.15) is 0 Å². The van der Waals surface area contributed by atoms with Crippen LogP contribution >= 0.6 is 23.2 Å². The van der Waals surface area contributed by atoms with Crippen molar-refractivity contribution < 1.29 is 19.8 Å². The van der Waals surface area contributed by atoms with Gasteiger partial charge in [-0.3, -0.25) is 14.5 Å². The van der Waals surface area contributed by atoms with Gasteiger partial charge >= 0.3 is 5.97 Å². The zero-order valence-electron chi connectivity index (χ0n) is 11.8. The molecule has 1 aliphatic carbocycles. The molecule has 0 saturated heterocycles. The average molecular weight is 347 g/mol. The van der Waals surface area contributed by atoms with Crippen molar-refractivity contribution in [1.29, 1.82) is 0 Å². The number of hydrogen-bond donors (Lipinski definition) is 3. The van der Waals surface area contributed by atoms with Gasteiger partial charge in [0, 0.05) is 16.5 Å². The van der Waals surface area contributed by atoms with Gasteiger partial charge in [-0.25, -0.2) is 0 Å². The molecule has 0 aliphatic heterocycles. The molecule has 3 N–H and O–H groups in total. The Morgan fingerprint density at radius 3 is 2.73 bits per heavy atom. The van der Waals surface area contributed by atoms with E-state index in [2.05, 4.69) is 5.32 Å². The third-order valence-electron chi connectivity index (χ3n) is 3.60. The lowest BCUT2D eigenvalue weighted by atomic mass is 10.1. The Morgan fingerprint density at radius 1 is 1.41 bits per heavy atom. The Labute approximate surface area is 137 Å². The second kappa shape index (κ2) is 6.83. The van der Waals surface area contributed by atoms with Crippen LogP contribution in [0.1, 0.15) is 17.2 Å². The smallest absolute Gasteiger partial charge is 0.322 e. The molecular formula is C14H16Cl2N2O4. The largest absolute Gasteiger partial charge is 0.480 e. The van der Waals surface area contributed by atoms with Crippen molar-refractivity contribution in [3.05, 3.63) is 33.3 Å². The van der Waals surface area contributed by atoms with Crippen LogP contribution in [0.5, 0.6) is 0 Å². The third kappa shape index (κ3) is 3.70. The highest BCUT2D eigenvalue weighted by Crippen LogP contribution is 2.40. The van der Waals surface area contributed by atoms with E-state index in [0.717, 1.165) is 11.1 Å². The molecule has 22 heavy (non-hydrogen) atoms. The van der Waals surface area contributed by atoms with Crippen molar-refractivity contribution in [3.63, 3.8) is 0 Å². The van der Waals surface area contributed by atoms with Crippen LogP contribution in [-0.2, 0) is 16.0 Å². The summed E-state index contributed by atoms with van der Waals surface area (Å²) in [6, 6.07) is 2.94. The molecule has 2 rings (SSSR count). The first-order valence-electron chi connectivity index (χ1n) is 6.64. The summed E-state index contributed by atoms with van der Waals surface area (Å²) in [7, 11) is 1.68. The average Bonchev–Trinajstić information content (AvgIpc) is 2.73. The molecule has 1 amide bonds. The molecule has 0 heterocycles. The highest BCUT2D eigenvalue weighted by atomic mass is 35.5. The Hall–Kier alpha value is -1.34. The minimum absolute atomic E-state index is 0.0431. The Kier molecular flexibility index (Phi) is 5.28. The van der Waals surface area contributed by atoms with E-state index in [1.54, 1.807) is 24.1 Å². The first-order valence-corrected chi connectivity index (χ1v) is 7.39. The van der Waals surface area contributed by atoms with Gasteiger partial charge < -0.3 is 15.5 Å². The van der Waals surface area contributed by atoms with Crippen LogP contribution in [-0.4, -0.2) is 53.2 Å². The third-order valence-corrected chi connectivity index (χ3v) is 4.15. The van der Waals surface area contributed by atoms with Crippen molar-refractivity contribution >= 4 is 35.1 Å². The van der Waals surface area contributed by atoms with E-state index in [0.29, 0.717) is 16.5 Å². The molecule has 0 spiro atoms. The van der Waals surface area contributed by atoms with Gasteiger partial charge in [0.25, 0.3) is 0 Å². The van der Waals surface area contributed by atoms with E-state index in [1.165, 1.54) is 0 Å². The van der Waals surface area contributed by atoms with Crippen molar-refractivity contribution in [2.24, 2.45) is 0 Å². The SMILES string of the molecule is CN(CC(=O)NCC(=O)O)C1c2cc(Cl)cc(Cl)c2CC1O. The molecule has 0 aromatic heterocycles. The van der Waals surface area contributed by atoms with Gasteiger partial charge in [-0.15, -0.1) is 0 Å². The second-order valence-electron chi connectivity index (χ2n) is 5.26. The minimum Gasteiger partial charge on any atom is -0.480 e. The molecule has 120 valence electrons. The van der Waals surface area contributed by atoms with E-state index in [1.807, 2.05) is 0 Å². The zero-order valence-corrected chi connectivity index (χ0v) is 13.4. The molecule has 1 aromatic rings. The molecule has 0 saturated carbocycles. The number of aliphatic carboxylic acids is 1. The van der Waals surface area contributed by atoms with Gasteiger partial charge in [0.05, 0.1) is 18.7 Å². The highest BCUT2D eigenvalue weighted by Gasteiger charge is 2.36. The molecule has 0 fully saturated rings. The molecule has 2 unspecified atom stereocenters. The van der Waals surface area contributed by atoms with Crippen molar-refractivity contribution in [3.8, 4) is 0 Å². The van der Waals surface area contributed by atoms with Crippen molar-refractivity contribution in [1.82, 2.24) is 10.2 Å². The zero-order chi connectivity index (χ0) is 16.4. The number of amides is 1. The van der Waals surface area contributed by atoms with Crippen LogP contribution in [0.15, 0.2) is 12.1 Å². The minimum atomic E-state index is -1.11. The van der Waals surface area contributed by atoms with E-state index in [9.17, 15) is 14.7 Å². The highest BCUT2D eigenvalue weighted by molar-refractivity contribution is 6.35. The van der Waals surface area contributed by atoms with E-state index >= 15 is 0 Å². The summed E-state index contributed by atoms with van der Waals surface area (Å²) in [5.74, 6) is -1.54. The Balaban J connectivity index is 2.13. The molecular weight excluding hydrogens is 331 g/mol. The van der Waals surface area contributed by atoms with Crippen molar-refractivity contribution in [2.75, 3.05) is 20.1 Å². The number of aliphatic hydroxyl groups is 1. The molecule has 0 radical (unpaired) electrons. The maximum absolute atomic E-state index is 11.7. The Bertz CT molecular complexity index is 609. The first kappa shape index (κ1) is 17.0. The van der Waals surface area contributed by atoms with Gasteiger partial charge in [0.15, 0.2) is 0 Å². The maximum Gasteiger partial charge on any atom is 0.322 e. The van der Waals surface area contributed by atoms with Gasteiger partial charge in [0.1, 0.15) is 6.54 Å². The van der Waals surface area contributed by atoms with Crippen LogP contribution in [0.3, 0.4) is 0 Å². The van der Waals surface area contributed by atoms with Crippen LogP contribution in [0, 0.1) is 0 Å². The lowest BCUT2D eigenvalue weighted by Crippen LogP contribution is -2.41. The summed E-state index contributed by atoms with van der Waals surface area (Å²) in [6.45, 7) is -0.479. The monoisotopic (exact) mass is 346 g/mol. The number of likely N-dealkylation sites (N-methyl/N-ethyl adjacent to an activating group) is 1. The fourth-order valence-electron chi connectivity index (χ4n) is 2.72. The first-order chi connectivity index (χ1) is 10.3. The number of hydrogen-bond acceptors (Lipinski definition) is 4. The maximum atomic E-state index is 11.7. The van der Waals surface area contributed by atoms with Gasteiger partial charge in [0.2, 0.25) is 5.91 Å². The van der Waals surface area contributed by atoms with Crippen LogP contribution in [0.4, 0.5) is 0 Å². The number of carboxylic acids is 1. The summed E-state index contributed by atoms with van der Waals surface area (Å²) in [5.41, 5.74) is 1.61. The number of carbonyl (C=O) groups is 2. The van der Waals surface area contributed by atoms with E-state index < -0.39 is 30.6 Å². The fourth-order valence-corrected chi connectivity index (χ4v) is 3.30. The standard InChI is InChI=1S/C14H16Cl2N2O4/c1-18(6-12(20)17-5-13(21)22)14-9-2-7(15)3-10(16)8(9)4-11(14)19/h2-3,11,14,19H,4-6H2,1H3,(H,17,20)(H,21,22). The summed E-state index contributed by atoms with van der Waals surface area (Å²) in [5, 5.41) is 22.0. The topological polar surface area (TPSA) is 89.9 Å². The van der Waals surface area contributed by atoms with Crippen molar-refractivity contribution in [2.45, 2.75) is 18.6 Å². The lowest BCUT2D eigenvalue weighted by molar-refractivity contribution is -0.138. The van der Waals surface area contributed by atoms with E-state index in [4.69, 9.17) is 28.3 Å². The number of nitrogens with one attached hydrogen (secondary N) is 1. The number of carboxylic acid groups (broad SMARTS) is 1. The second-order valence-corrected chi connectivity index (χ2v) is 6.10. The molecule has 6 nitrogen and oxygen atoms in total. The number of fused-ring (bicyclic) bond motifs is 1. The van der Waals surface area contributed by atoms with E-state index in [-0.39, 0.29) is 6.54 Å². The van der Waals surface area contributed by atoms with Crippen LogP contribution < -0.4 is 5.32 Å². The normalized spacial score (nSPS) is 20.0. The molecule has 2 atom stereocenters. The Morgan fingerprint density at radius 2 is 2.09 bits per heavy atom. The fraction of sp³-hybridized carbons (Fsp3) is 0.429. The summed E-state index contributed by atoms with van der Waals surface area (Å²) in [6.07, 6.45) is -0.319. The summed E-state index contributed by atoms with van der Waals surface area (Å²) in [4.78, 5) is 23.8. The predicted octanol–water partition coefficient (Wildman–Crippen LogP) is 1.08. The van der Waals surface area contributed by atoms with Crippen LogP contribution in [0.2, 0.25) is 10.0 Å². The number of benzene rings is 1. The number of rotatable bonds is 5. The number of nitrogens with zero attached hydrogens (tertiary/aromatic N) is 1. The molecule has 1 aliphatic rings. The lowest BCUT2D eigenvalue weighted by Gasteiger charge is -2.27. The van der Waals surface area contributed by atoms with Gasteiger partial charge in [-0.05, 0) is 30.3 Å². The van der Waals surface area contributed by atoms with Crippen LogP contribution in [0.25, 0.3) is 0 Å². The molecule has 0 bridgehead atoms. The number of aliphatic hydroxyl groups excluding tert-OH is 1. The quantitative estimate of drug-likeness (QED) is 0.742. The molecule has 8 heteroatoms. The number of halogens is 2. The predicted molar refractivity (Wildman–Crippen MR) is 82.2 cm³/mol. The number of carbonyl (C=O) groups excluding carboxylic acids is 1. The van der Waals surface area contributed by atoms with Gasteiger partial charge in [-0.1, -0.05) is 23.2 Å². The summed E-state index contributed by atoms with van der Waals surface area (Å²) < 4.78 is 0. The molecule has 1 aromatic carbocycles.